The second-order valence-electron chi connectivity index (χ2n) is 6.38. The van der Waals surface area contributed by atoms with Gasteiger partial charge in [-0.1, -0.05) is 25.0 Å². The Kier molecular flexibility index (Phi) is 4.14. The van der Waals surface area contributed by atoms with Gasteiger partial charge in [0.25, 0.3) is 0 Å². The van der Waals surface area contributed by atoms with Crippen molar-refractivity contribution in [1.29, 1.82) is 0 Å². The van der Waals surface area contributed by atoms with Crippen LogP contribution in [0.2, 0.25) is 0 Å². The molecule has 21 heavy (non-hydrogen) atoms. The number of hydrogen-bond acceptors (Lipinski definition) is 2. The molecule has 1 aliphatic carbocycles. The number of aryl methyl sites for hydroxylation is 3. The van der Waals surface area contributed by atoms with Crippen molar-refractivity contribution in [3.63, 3.8) is 0 Å². The standard InChI is InChI=1S/C19H26N2/c1-4-10-20-19-15-8-6-5-7-9-17(15)21-18-14(3)11-13(2)12-16(18)19/h11-12H,4-10H2,1-3H3,(H,20,21). The Bertz CT molecular complexity index is 658. The van der Waals surface area contributed by atoms with E-state index in [4.69, 9.17) is 4.98 Å². The maximum Gasteiger partial charge on any atom is 0.0755 e. The van der Waals surface area contributed by atoms with E-state index < -0.39 is 0 Å². The van der Waals surface area contributed by atoms with Crippen LogP contribution in [-0.4, -0.2) is 11.5 Å². The van der Waals surface area contributed by atoms with Gasteiger partial charge in [-0.05, 0) is 63.1 Å². The lowest BCUT2D eigenvalue weighted by atomic mass is 9.98. The third-order valence-corrected chi connectivity index (χ3v) is 4.50. The largest absolute Gasteiger partial charge is 0.384 e. The van der Waals surface area contributed by atoms with Crippen LogP contribution >= 0.6 is 0 Å². The monoisotopic (exact) mass is 282 g/mol. The second kappa shape index (κ2) is 6.05. The molecule has 0 atom stereocenters. The molecule has 1 aromatic heterocycles. The van der Waals surface area contributed by atoms with Gasteiger partial charge in [0.05, 0.1) is 5.52 Å². The first-order chi connectivity index (χ1) is 10.2. The summed E-state index contributed by atoms with van der Waals surface area (Å²) in [5, 5.41) is 5.03. The molecule has 112 valence electrons. The van der Waals surface area contributed by atoms with Crippen molar-refractivity contribution in [2.45, 2.75) is 59.3 Å². The number of pyridine rings is 1. The lowest BCUT2D eigenvalue weighted by Gasteiger charge is -2.18. The van der Waals surface area contributed by atoms with E-state index in [2.05, 4.69) is 38.2 Å². The van der Waals surface area contributed by atoms with Gasteiger partial charge in [-0.15, -0.1) is 0 Å². The molecule has 0 saturated heterocycles. The minimum absolute atomic E-state index is 1.04. The maximum absolute atomic E-state index is 5.05. The molecule has 2 nitrogen and oxygen atoms in total. The number of hydrogen-bond donors (Lipinski definition) is 1. The third kappa shape index (κ3) is 2.76. The van der Waals surface area contributed by atoms with Gasteiger partial charge in [0.15, 0.2) is 0 Å². The smallest absolute Gasteiger partial charge is 0.0755 e. The van der Waals surface area contributed by atoms with E-state index in [1.807, 2.05) is 0 Å². The Balaban J connectivity index is 2.26. The quantitative estimate of drug-likeness (QED) is 0.806. The van der Waals surface area contributed by atoms with Crippen LogP contribution in [0.1, 0.15) is 55.0 Å². The Morgan fingerprint density at radius 2 is 1.90 bits per heavy atom. The van der Waals surface area contributed by atoms with Gasteiger partial charge in [0.1, 0.15) is 0 Å². The van der Waals surface area contributed by atoms with Gasteiger partial charge in [-0.3, -0.25) is 4.98 Å². The zero-order chi connectivity index (χ0) is 14.8. The molecule has 0 unspecified atom stereocenters. The molecule has 1 aromatic carbocycles. The molecule has 1 heterocycles. The summed E-state index contributed by atoms with van der Waals surface area (Å²) in [5.41, 5.74) is 8.01. The summed E-state index contributed by atoms with van der Waals surface area (Å²) in [6.45, 7) is 7.64. The Hall–Kier alpha value is -1.57. The first-order valence-corrected chi connectivity index (χ1v) is 8.37. The third-order valence-electron chi connectivity index (χ3n) is 4.50. The molecule has 1 aliphatic rings. The first-order valence-electron chi connectivity index (χ1n) is 8.37. The van der Waals surface area contributed by atoms with Crippen molar-refractivity contribution in [2.24, 2.45) is 0 Å². The van der Waals surface area contributed by atoms with Crippen molar-refractivity contribution in [2.75, 3.05) is 11.9 Å². The summed E-state index contributed by atoms with van der Waals surface area (Å²) in [6, 6.07) is 4.56. The molecular formula is C19H26N2. The normalized spacial score (nSPS) is 14.8. The van der Waals surface area contributed by atoms with Crippen LogP contribution in [0.3, 0.4) is 0 Å². The van der Waals surface area contributed by atoms with Crippen LogP contribution < -0.4 is 5.32 Å². The van der Waals surface area contributed by atoms with E-state index in [1.54, 1.807) is 0 Å². The summed E-state index contributed by atoms with van der Waals surface area (Å²) in [5.74, 6) is 0. The second-order valence-corrected chi connectivity index (χ2v) is 6.38. The summed E-state index contributed by atoms with van der Waals surface area (Å²) in [7, 11) is 0. The zero-order valence-corrected chi connectivity index (χ0v) is 13.6. The zero-order valence-electron chi connectivity index (χ0n) is 13.6. The Morgan fingerprint density at radius 1 is 1.10 bits per heavy atom. The lowest BCUT2D eigenvalue weighted by molar-refractivity contribution is 0.709. The van der Waals surface area contributed by atoms with E-state index in [0.717, 1.165) is 19.4 Å². The van der Waals surface area contributed by atoms with Crippen molar-refractivity contribution in [1.82, 2.24) is 4.98 Å². The molecule has 0 spiro atoms. The fourth-order valence-corrected chi connectivity index (χ4v) is 3.51. The molecule has 2 aromatic rings. The highest BCUT2D eigenvalue weighted by atomic mass is 14.9. The summed E-state index contributed by atoms with van der Waals surface area (Å²) in [4.78, 5) is 5.05. The number of anilines is 1. The van der Waals surface area contributed by atoms with Crippen molar-refractivity contribution in [3.05, 3.63) is 34.5 Å². The number of nitrogens with zero attached hydrogens (tertiary/aromatic N) is 1. The van der Waals surface area contributed by atoms with Crippen LogP contribution in [0.15, 0.2) is 12.1 Å². The Morgan fingerprint density at radius 3 is 2.71 bits per heavy atom. The van der Waals surface area contributed by atoms with Crippen molar-refractivity contribution < 1.29 is 0 Å². The molecule has 0 bridgehead atoms. The van der Waals surface area contributed by atoms with Crippen molar-refractivity contribution >= 4 is 16.6 Å². The number of fused-ring (bicyclic) bond motifs is 2. The fourth-order valence-electron chi connectivity index (χ4n) is 3.51. The molecule has 0 radical (unpaired) electrons. The van der Waals surface area contributed by atoms with Crippen LogP contribution in [0.4, 0.5) is 5.69 Å². The summed E-state index contributed by atoms with van der Waals surface area (Å²) in [6.07, 6.45) is 7.38. The molecule has 0 fully saturated rings. The van der Waals surface area contributed by atoms with Crippen molar-refractivity contribution in [3.8, 4) is 0 Å². The van der Waals surface area contributed by atoms with Gasteiger partial charge in [-0.25, -0.2) is 0 Å². The summed E-state index contributed by atoms with van der Waals surface area (Å²) < 4.78 is 0. The minimum Gasteiger partial charge on any atom is -0.384 e. The SMILES string of the molecule is CCCNc1c2c(nc3c(C)cc(C)cc13)CCCCC2. The molecule has 1 N–H and O–H groups in total. The van der Waals surface area contributed by atoms with E-state index >= 15 is 0 Å². The molecule has 0 amide bonds. The van der Waals surface area contributed by atoms with E-state index in [1.165, 1.54) is 64.7 Å². The van der Waals surface area contributed by atoms with Crippen LogP contribution in [0.5, 0.6) is 0 Å². The lowest BCUT2D eigenvalue weighted by Crippen LogP contribution is -2.08. The highest BCUT2D eigenvalue weighted by molar-refractivity contribution is 5.95. The fraction of sp³-hybridized carbons (Fsp3) is 0.526. The van der Waals surface area contributed by atoms with E-state index in [0.29, 0.717) is 0 Å². The first kappa shape index (κ1) is 14.4. The highest BCUT2D eigenvalue weighted by Crippen LogP contribution is 2.34. The number of nitrogens with one attached hydrogen (secondary N) is 1. The average Bonchev–Trinajstić information content (AvgIpc) is 2.69. The summed E-state index contributed by atoms with van der Waals surface area (Å²) >= 11 is 0. The molecule has 2 heteroatoms. The minimum atomic E-state index is 1.04. The predicted molar refractivity (Wildman–Crippen MR) is 91.3 cm³/mol. The number of benzene rings is 1. The topological polar surface area (TPSA) is 24.9 Å². The van der Waals surface area contributed by atoms with E-state index in [9.17, 15) is 0 Å². The molecule has 0 aliphatic heterocycles. The van der Waals surface area contributed by atoms with E-state index in [-0.39, 0.29) is 0 Å². The molecular weight excluding hydrogens is 256 g/mol. The van der Waals surface area contributed by atoms with Gasteiger partial charge >= 0.3 is 0 Å². The van der Waals surface area contributed by atoms with Gasteiger partial charge < -0.3 is 5.32 Å². The number of aromatic nitrogens is 1. The van der Waals surface area contributed by atoms with Crippen LogP contribution in [-0.2, 0) is 12.8 Å². The Labute approximate surface area is 128 Å². The van der Waals surface area contributed by atoms with Gasteiger partial charge in [0.2, 0.25) is 0 Å². The molecule has 3 rings (SSSR count). The maximum atomic E-state index is 5.05. The van der Waals surface area contributed by atoms with Crippen LogP contribution in [0, 0.1) is 13.8 Å². The van der Waals surface area contributed by atoms with Gasteiger partial charge in [-0.2, -0.15) is 0 Å². The average molecular weight is 282 g/mol. The highest BCUT2D eigenvalue weighted by Gasteiger charge is 2.18. The predicted octanol–water partition coefficient (Wildman–Crippen LogP) is 4.94. The number of rotatable bonds is 3. The molecule has 0 saturated carbocycles. The van der Waals surface area contributed by atoms with Crippen LogP contribution in [0.25, 0.3) is 10.9 Å². The van der Waals surface area contributed by atoms with Gasteiger partial charge in [0, 0.05) is 23.3 Å².